The summed E-state index contributed by atoms with van der Waals surface area (Å²) in [4.78, 5) is 6.51. The van der Waals surface area contributed by atoms with Gasteiger partial charge in [0.1, 0.15) is 0 Å². The molecule has 1 aromatic rings. The minimum absolute atomic E-state index is 0.192. The zero-order chi connectivity index (χ0) is 11.5. The second-order valence-electron chi connectivity index (χ2n) is 4.25. The lowest BCUT2D eigenvalue weighted by Crippen LogP contribution is -2.51. The number of benzene rings is 1. The van der Waals surface area contributed by atoms with Crippen LogP contribution in [0.2, 0.25) is 0 Å². The lowest BCUT2D eigenvalue weighted by atomic mass is 10.0. The topological polar surface area (TPSA) is 67.6 Å². The average molecular weight is 218 g/mol. The van der Waals surface area contributed by atoms with Crippen LogP contribution in [0.4, 0.5) is 0 Å². The Morgan fingerprint density at radius 3 is 2.50 bits per heavy atom. The van der Waals surface area contributed by atoms with Crippen molar-refractivity contribution >= 4 is 5.96 Å². The predicted octanol–water partition coefficient (Wildman–Crippen LogP) is 0.705. The summed E-state index contributed by atoms with van der Waals surface area (Å²) in [6.45, 7) is 4.09. The summed E-state index contributed by atoms with van der Waals surface area (Å²) in [5, 5.41) is 0. The molecule has 1 atom stereocenters. The first-order valence-corrected chi connectivity index (χ1v) is 5.54. The Morgan fingerprint density at radius 1 is 1.31 bits per heavy atom. The summed E-state index contributed by atoms with van der Waals surface area (Å²) in [6.07, 6.45) is 0. The first-order chi connectivity index (χ1) is 7.66. The van der Waals surface area contributed by atoms with Crippen molar-refractivity contribution in [1.29, 1.82) is 0 Å². The van der Waals surface area contributed by atoms with Crippen LogP contribution < -0.4 is 11.5 Å². The SMILES string of the molecule is CC(c1ccccc1)N1CC(N=C(N)N)C1. The Balaban J connectivity index is 1.91. The highest BCUT2D eigenvalue weighted by Gasteiger charge is 2.30. The molecule has 0 aromatic heterocycles. The first-order valence-electron chi connectivity index (χ1n) is 5.54. The van der Waals surface area contributed by atoms with Gasteiger partial charge in [0, 0.05) is 19.1 Å². The number of hydrogen-bond acceptors (Lipinski definition) is 2. The molecule has 1 aromatic carbocycles. The van der Waals surface area contributed by atoms with Crippen molar-refractivity contribution in [2.75, 3.05) is 13.1 Å². The number of nitrogens with zero attached hydrogens (tertiary/aromatic N) is 2. The lowest BCUT2D eigenvalue weighted by molar-refractivity contribution is 0.104. The van der Waals surface area contributed by atoms with Crippen molar-refractivity contribution in [3.63, 3.8) is 0 Å². The molecule has 0 radical (unpaired) electrons. The Bertz CT molecular complexity index is 364. The summed E-state index contributed by atoms with van der Waals surface area (Å²) in [5.74, 6) is 0.192. The molecule has 0 saturated carbocycles. The summed E-state index contributed by atoms with van der Waals surface area (Å²) < 4.78 is 0. The molecule has 0 aliphatic carbocycles. The molecule has 0 spiro atoms. The number of likely N-dealkylation sites (tertiary alicyclic amines) is 1. The molecule has 1 unspecified atom stereocenters. The molecule has 4 nitrogen and oxygen atoms in total. The summed E-state index contributed by atoms with van der Waals surface area (Å²) in [7, 11) is 0. The van der Waals surface area contributed by atoms with Crippen LogP contribution in [-0.2, 0) is 0 Å². The van der Waals surface area contributed by atoms with Gasteiger partial charge in [-0.2, -0.15) is 0 Å². The van der Waals surface area contributed by atoms with Crippen LogP contribution >= 0.6 is 0 Å². The molecule has 0 amide bonds. The molecular formula is C12H18N4. The minimum Gasteiger partial charge on any atom is -0.370 e. The third-order valence-electron chi connectivity index (χ3n) is 3.05. The number of guanidine groups is 1. The largest absolute Gasteiger partial charge is 0.370 e. The summed E-state index contributed by atoms with van der Waals surface area (Å²) in [6, 6.07) is 11.2. The summed E-state index contributed by atoms with van der Waals surface area (Å²) in [5.41, 5.74) is 12.0. The van der Waals surface area contributed by atoms with E-state index in [1.54, 1.807) is 0 Å². The molecule has 0 bridgehead atoms. The van der Waals surface area contributed by atoms with E-state index in [0.29, 0.717) is 6.04 Å². The van der Waals surface area contributed by atoms with Crippen LogP contribution in [0.15, 0.2) is 35.3 Å². The highest BCUT2D eigenvalue weighted by atomic mass is 15.3. The smallest absolute Gasteiger partial charge is 0.186 e. The third-order valence-corrected chi connectivity index (χ3v) is 3.05. The van der Waals surface area contributed by atoms with E-state index >= 15 is 0 Å². The van der Waals surface area contributed by atoms with Crippen LogP contribution in [0.5, 0.6) is 0 Å². The Labute approximate surface area is 96.0 Å². The van der Waals surface area contributed by atoms with Gasteiger partial charge in [-0.1, -0.05) is 30.3 Å². The first kappa shape index (κ1) is 11.0. The minimum atomic E-state index is 0.192. The quantitative estimate of drug-likeness (QED) is 0.580. The maximum atomic E-state index is 5.34. The van der Waals surface area contributed by atoms with Crippen molar-refractivity contribution in [3.8, 4) is 0 Å². The normalized spacial score (nSPS) is 18.8. The van der Waals surface area contributed by atoms with Crippen molar-refractivity contribution < 1.29 is 0 Å². The second-order valence-corrected chi connectivity index (χ2v) is 4.25. The second kappa shape index (κ2) is 4.53. The Kier molecular flexibility index (Phi) is 3.10. The number of aliphatic imine (C=N–C) groups is 1. The highest BCUT2D eigenvalue weighted by molar-refractivity contribution is 5.76. The lowest BCUT2D eigenvalue weighted by Gasteiger charge is -2.41. The molecule has 1 heterocycles. The molecule has 4 N–H and O–H groups in total. The van der Waals surface area contributed by atoms with Crippen LogP contribution in [0, 0.1) is 0 Å². The Hall–Kier alpha value is -1.55. The zero-order valence-electron chi connectivity index (χ0n) is 9.50. The number of hydrogen-bond donors (Lipinski definition) is 2. The van der Waals surface area contributed by atoms with Gasteiger partial charge in [0.05, 0.1) is 6.04 Å². The molecule has 86 valence electrons. The van der Waals surface area contributed by atoms with Crippen LogP contribution in [0.1, 0.15) is 18.5 Å². The van der Waals surface area contributed by atoms with Gasteiger partial charge in [0.2, 0.25) is 0 Å². The van der Waals surface area contributed by atoms with Gasteiger partial charge in [-0.3, -0.25) is 4.90 Å². The van der Waals surface area contributed by atoms with Crippen LogP contribution in [-0.4, -0.2) is 30.0 Å². The molecule has 4 heteroatoms. The Morgan fingerprint density at radius 2 is 1.94 bits per heavy atom. The van der Waals surface area contributed by atoms with E-state index in [2.05, 4.69) is 41.1 Å². The molecule has 1 aliphatic rings. The molecule has 1 aliphatic heterocycles. The van der Waals surface area contributed by atoms with E-state index in [9.17, 15) is 0 Å². The van der Waals surface area contributed by atoms with E-state index in [4.69, 9.17) is 11.5 Å². The molecule has 2 rings (SSSR count). The van der Waals surface area contributed by atoms with Gasteiger partial charge in [-0.25, -0.2) is 4.99 Å². The fourth-order valence-electron chi connectivity index (χ4n) is 2.04. The van der Waals surface area contributed by atoms with Gasteiger partial charge in [-0.05, 0) is 12.5 Å². The van der Waals surface area contributed by atoms with E-state index in [-0.39, 0.29) is 12.0 Å². The van der Waals surface area contributed by atoms with Crippen molar-refractivity contribution in [1.82, 2.24) is 4.90 Å². The van der Waals surface area contributed by atoms with Crippen LogP contribution in [0.25, 0.3) is 0 Å². The number of rotatable bonds is 3. The van der Waals surface area contributed by atoms with Gasteiger partial charge < -0.3 is 11.5 Å². The van der Waals surface area contributed by atoms with E-state index < -0.39 is 0 Å². The number of nitrogens with two attached hydrogens (primary N) is 2. The maximum absolute atomic E-state index is 5.34. The van der Waals surface area contributed by atoms with Crippen molar-refractivity contribution in [3.05, 3.63) is 35.9 Å². The van der Waals surface area contributed by atoms with Gasteiger partial charge >= 0.3 is 0 Å². The van der Waals surface area contributed by atoms with Gasteiger partial charge in [0.15, 0.2) is 5.96 Å². The summed E-state index contributed by atoms with van der Waals surface area (Å²) >= 11 is 0. The fourth-order valence-corrected chi connectivity index (χ4v) is 2.04. The van der Waals surface area contributed by atoms with Crippen LogP contribution in [0.3, 0.4) is 0 Å². The molecular weight excluding hydrogens is 200 g/mol. The van der Waals surface area contributed by atoms with E-state index in [1.807, 2.05) is 6.07 Å². The predicted molar refractivity (Wildman–Crippen MR) is 66.0 cm³/mol. The van der Waals surface area contributed by atoms with E-state index in [0.717, 1.165) is 13.1 Å². The van der Waals surface area contributed by atoms with Gasteiger partial charge in [0.25, 0.3) is 0 Å². The van der Waals surface area contributed by atoms with E-state index in [1.165, 1.54) is 5.56 Å². The monoisotopic (exact) mass is 218 g/mol. The highest BCUT2D eigenvalue weighted by Crippen LogP contribution is 2.26. The van der Waals surface area contributed by atoms with Crippen molar-refractivity contribution in [2.45, 2.75) is 19.0 Å². The molecule has 1 fully saturated rings. The van der Waals surface area contributed by atoms with Crippen molar-refractivity contribution in [2.24, 2.45) is 16.5 Å². The van der Waals surface area contributed by atoms with Gasteiger partial charge in [-0.15, -0.1) is 0 Å². The standard InChI is InChI=1S/C12H18N4/c1-9(10-5-3-2-4-6-10)16-7-11(8-16)15-12(13)14/h2-6,9,11H,7-8H2,1H3,(H4,13,14,15). The average Bonchev–Trinajstić information content (AvgIpc) is 2.23. The zero-order valence-corrected chi connectivity index (χ0v) is 9.50. The molecule has 16 heavy (non-hydrogen) atoms. The fraction of sp³-hybridized carbons (Fsp3) is 0.417. The third kappa shape index (κ3) is 2.33. The maximum Gasteiger partial charge on any atom is 0.186 e. The molecule has 1 saturated heterocycles.